The van der Waals surface area contributed by atoms with E-state index >= 15 is 0 Å². The Morgan fingerprint density at radius 1 is 0.265 bits per heavy atom. The van der Waals surface area contributed by atoms with Gasteiger partial charge in [0.2, 0.25) is 0 Å². The summed E-state index contributed by atoms with van der Waals surface area (Å²) in [6.45, 7) is 0. The van der Waals surface area contributed by atoms with E-state index in [1.807, 2.05) is 11.3 Å². The maximum Gasteiger partial charge on any atom is 0.0714 e. The van der Waals surface area contributed by atoms with Crippen molar-refractivity contribution in [2.24, 2.45) is 0 Å². The van der Waals surface area contributed by atoms with Crippen LogP contribution < -0.4 is 4.90 Å². The van der Waals surface area contributed by atoms with Crippen molar-refractivity contribution in [1.82, 2.24) is 0 Å². The van der Waals surface area contributed by atoms with Crippen LogP contribution in [-0.2, 0) is 10.8 Å². The van der Waals surface area contributed by atoms with Gasteiger partial charge >= 0.3 is 0 Å². The van der Waals surface area contributed by atoms with E-state index in [1.54, 1.807) is 0 Å². The van der Waals surface area contributed by atoms with E-state index < -0.39 is 10.8 Å². The molecule has 1 heterocycles. The van der Waals surface area contributed by atoms with Crippen LogP contribution in [0, 0.1) is 0 Å². The van der Waals surface area contributed by atoms with Crippen molar-refractivity contribution < 1.29 is 0 Å². The molecule has 12 aromatic rings. The fraction of sp³-hybridized carbons (Fsp3) is 0.0303. The minimum absolute atomic E-state index is 0.536. The molecule has 0 radical (unpaired) electrons. The summed E-state index contributed by atoms with van der Waals surface area (Å²) in [7, 11) is 0. The summed E-state index contributed by atoms with van der Waals surface area (Å²) < 4.78 is 2.62. The number of thiophene rings is 1. The Labute approximate surface area is 400 Å². The lowest BCUT2D eigenvalue weighted by atomic mass is 9.67. The quantitative estimate of drug-likeness (QED) is 0.154. The molecular formula is C66H43NS. The fourth-order valence-corrected chi connectivity index (χ4v) is 13.3. The van der Waals surface area contributed by atoms with Crippen LogP contribution in [0.2, 0.25) is 0 Å². The van der Waals surface area contributed by atoms with E-state index in [9.17, 15) is 0 Å². The molecule has 0 aliphatic heterocycles. The average molecular weight is 882 g/mol. The Hall–Kier alpha value is -8.30. The van der Waals surface area contributed by atoms with Crippen molar-refractivity contribution in [3.05, 3.63) is 305 Å². The molecule has 0 N–H and O–H groups in total. The van der Waals surface area contributed by atoms with Crippen LogP contribution in [0.3, 0.4) is 0 Å². The van der Waals surface area contributed by atoms with Gasteiger partial charge in [0.1, 0.15) is 0 Å². The molecule has 0 bridgehead atoms. The Morgan fingerprint density at radius 2 is 0.706 bits per heavy atom. The zero-order chi connectivity index (χ0) is 44.8. The van der Waals surface area contributed by atoms with E-state index in [0.29, 0.717) is 0 Å². The monoisotopic (exact) mass is 881 g/mol. The van der Waals surface area contributed by atoms with Crippen LogP contribution in [0.5, 0.6) is 0 Å². The van der Waals surface area contributed by atoms with Crippen LogP contribution in [0.25, 0.3) is 53.2 Å². The highest BCUT2D eigenvalue weighted by atomic mass is 32.1. The zero-order valence-electron chi connectivity index (χ0n) is 37.2. The van der Waals surface area contributed by atoms with Gasteiger partial charge in [-0.15, -0.1) is 11.3 Å². The van der Waals surface area contributed by atoms with Gasteiger partial charge in [-0.2, -0.15) is 0 Å². The molecule has 0 saturated carbocycles. The highest BCUT2D eigenvalue weighted by Gasteiger charge is 2.48. The van der Waals surface area contributed by atoms with Crippen LogP contribution in [0.15, 0.2) is 261 Å². The van der Waals surface area contributed by atoms with Crippen LogP contribution in [0.1, 0.15) is 44.5 Å². The first-order valence-electron chi connectivity index (χ1n) is 23.6. The predicted molar refractivity (Wildman–Crippen MR) is 286 cm³/mol. The van der Waals surface area contributed by atoms with Crippen molar-refractivity contribution >= 4 is 59.3 Å². The van der Waals surface area contributed by atoms with Gasteiger partial charge in [-0.3, -0.25) is 0 Å². The Bertz CT molecular complexity index is 3890. The molecular weight excluding hydrogens is 839 g/mol. The molecule has 68 heavy (non-hydrogen) atoms. The third kappa shape index (κ3) is 5.50. The number of nitrogens with zero attached hydrogens (tertiary/aromatic N) is 1. The number of benzene rings is 11. The Morgan fingerprint density at radius 3 is 1.31 bits per heavy atom. The zero-order valence-corrected chi connectivity index (χ0v) is 38.0. The number of hydrogen-bond donors (Lipinski definition) is 0. The lowest BCUT2D eigenvalue weighted by molar-refractivity contribution is 0.768. The second-order valence-corrected chi connectivity index (χ2v) is 19.4. The van der Waals surface area contributed by atoms with Gasteiger partial charge in [0.25, 0.3) is 0 Å². The maximum absolute atomic E-state index is 2.51. The fourth-order valence-electron chi connectivity index (χ4n) is 12.2. The van der Waals surface area contributed by atoms with Crippen molar-refractivity contribution in [1.29, 1.82) is 0 Å². The van der Waals surface area contributed by atoms with Gasteiger partial charge in [0.05, 0.1) is 10.8 Å². The summed E-state index contributed by atoms with van der Waals surface area (Å²) >= 11 is 1.88. The number of rotatable bonds is 7. The molecule has 1 atom stereocenters. The standard InChI is InChI=1S/C66H43NS/c1-4-20-46(21-5-1)65(47-22-6-2-7-23-47)59-29-15-12-26-53(59)55-37-35-51(42-61(55)65)67(50-34-32-44-18-10-11-19-45(44)40-50)52-36-38-56-54-27-13-16-30-60(54)66(62(56)43-52,48-24-8-3-9-25-48)49-33-39-64-58(41-49)57-28-14-17-31-63(57)68-64/h1-43H. The van der Waals surface area contributed by atoms with Gasteiger partial charge in [0.15, 0.2) is 0 Å². The lowest BCUT2D eigenvalue weighted by Gasteiger charge is -2.36. The van der Waals surface area contributed by atoms with Gasteiger partial charge in [0, 0.05) is 37.2 Å². The lowest BCUT2D eigenvalue weighted by Crippen LogP contribution is -2.29. The molecule has 318 valence electrons. The van der Waals surface area contributed by atoms with Gasteiger partial charge in [-0.25, -0.2) is 0 Å². The summed E-state index contributed by atoms with van der Waals surface area (Å²) in [4.78, 5) is 2.51. The molecule has 14 rings (SSSR count). The number of fused-ring (bicyclic) bond motifs is 10. The van der Waals surface area contributed by atoms with Gasteiger partial charge in [-0.1, -0.05) is 206 Å². The first-order chi connectivity index (χ1) is 33.7. The average Bonchev–Trinajstić information content (AvgIpc) is 4.04. The first-order valence-corrected chi connectivity index (χ1v) is 24.4. The SMILES string of the molecule is c1ccc(C2(c3ccccc3)c3ccccc3-c3ccc(N(c4ccc5c(c4)C(c4ccccc4)(c4ccc6sc7ccccc7c6c4)c4ccccc4-5)c4ccc5ccccc5c4)cc32)cc1. The van der Waals surface area contributed by atoms with E-state index in [1.165, 1.54) is 97.7 Å². The molecule has 2 aliphatic rings. The summed E-state index contributed by atoms with van der Waals surface area (Å²) in [5.41, 5.74) is 17.5. The molecule has 0 saturated heterocycles. The number of hydrogen-bond acceptors (Lipinski definition) is 2. The summed E-state index contributed by atoms with van der Waals surface area (Å²) in [5.74, 6) is 0. The van der Waals surface area contributed by atoms with E-state index in [4.69, 9.17) is 0 Å². The molecule has 0 amide bonds. The van der Waals surface area contributed by atoms with Crippen LogP contribution in [0.4, 0.5) is 17.1 Å². The topological polar surface area (TPSA) is 3.24 Å². The molecule has 11 aromatic carbocycles. The van der Waals surface area contributed by atoms with Crippen molar-refractivity contribution in [2.75, 3.05) is 4.90 Å². The summed E-state index contributed by atoms with van der Waals surface area (Å²) in [5, 5.41) is 5.03. The molecule has 1 unspecified atom stereocenters. The molecule has 0 spiro atoms. The molecule has 1 nitrogen and oxygen atoms in total. The summed E-state index contributed by atoms with van der Waals surface area (Å²) in [6.07, 6.45) is 0. The maximum atomic E-state index is 2.51. The molecule has 2 heteroatoms. The molecule has 0 fully saturated rings. The first kappa shape index (κ1) is 38.9. The van der Waals surface area contributed by atoms with E-state index in [2.05, 4.69) is 266 Å². The third-order valence-corrected chi connectivity index (χ3v) is 16.1. The molecule has 2 aliphatic carbocycles. The highest BCUT2D eigenvalue weighted by molar-refractivity contribution is 7.25. The third-order valence-electron chi connectivity index (χ3n) is 15.0. The minimum Gasteiger partial charge on any atom is -0.310 e. The summed E-state index contributed by atoms with van der Waals surface area (Å²) in [6, 6.07) is 97.8. The molecule has 1 aromatic heterocycles. The largest absolute Gasteiger partial charge is 0.310 e. The van der Waals surface area contributed by atoms with E-state index in [0.717, 1.165) is 17.1 Å². The van der Waals surface area contributed by atoms with Gasteiger partial charge in [-0.05, 0) is 132 Å². The second-order valence-electron chi connectivity index (χ2n) is 18.3. The highest BCUT2D eigenvalue weighted by Crippen LogP contribution is 2.60. The van der Waals surface area contributed by atoms with Crippen LogP contribution in [-0.4, -0.2) is 0 Å². The van der Waals surface area contributed by atoms with Crippen molar-refractivity contribution in [3.8, 4) is 22.3 Å². The van der Waals surface area contributed by atoms with Crippen molar-refractivity contribution in [2.45, 2.75) is 10.8 Å². The van der Waals surface area contributed by atoms with Crippen LogP contribution >= 0.6 is 11.3 Å². The normalized spacial score (nSPS) is 15.2. The Balaban J connectivity index is 1.05. The van der Waals surface area contributed by atoms with Crippen molar-refractivity contribution in [3.63, 3.8) is 0 Å². The Kier molecular flexibility index (Phi) is 8.65. The smallest absolute Gasteiger partial charge is 0.0714 e. The predicted octanol–water partition coefficient (Wildman–Crippen LogP) is 17.4. The van der Waals surface area contributed by atoms with E-state index in [-0.39, 0.29) is 0 Å². The number of anilines is 3. The minimum atomic E-state index is -0.592. The van der Waals surface area contributed by atoms with Gasteiger partial charge < -0.3 is 4.90 Å². The second kappa shape index (κ2) is 15.1.